The maximum atomic E-state index is 12.1. The highest BCUT2D eigenvalue weighted by molar-refractivity contribution is 5.91. The van der Waals surface area contributed by atoms with Gasteiger partial charge in [0.05, 0.1) is 18.8 Å². The van der Waals surface area contributed by atoms with Gasteiger partial charge in [-0.05, 0) is 47.5 Å². The van der Waals surface area contributed by atoms with E-state index < -0.39 is 23.0 Å². The Labute approximate surface area is 162 Å². The summed E-state index contributed by atoms with van der Waals surface area (Å²) in [6.07, 6.45) is 3.35. The number of hydrogen-bond donors (Lipinski definition) is 0. The minimum atomic E-state index is -0.820. The van der Waals surface area contributed by atoms with Crippen LogP contribution in [0.3, 0.4) is 0 Å². The van der Waals surface area contributed by atoms with Gasteiger partial charge in [0.1, 0.15) is 12.2 Å². The molecule has 0 aromatic rings. The molecule has 0 N–H and O–H groups in total. The average molecular weight is 386 g/mol. The van der Waals surface area contributed by atoms with Crippen molar-refractivity contribution in [3.63, 3.8) is 0 Å². The Morgan fingerprint density at radius 1 is 0.889 bits per heavy atom. The van der Waals surface area contributed by atoms with Gasteiger partial charge in [0, 0.05) is 17.6 Å². The molecule has 27 heavy (non-hydrogen) atoms. The molecule has 1 atom stereocenters. The fourth-order valence-corrected chi connectivity index (χ4v) is 2.32. The maximum Gasteiger partial charge on any atom is 0.331 e. The van der Waals surface area contributed by atoms with Crippen molar-refractivity contribution in [2.75, 3.05) is 19.8 Å². The molecule has 0 heterocycles. The van der Waals surface area contributed by atoms with Gasteiger partial charge in [0.25, 0.3) is 6.47 Å². The molecule has 0 aromatic heterocycles. The molecular weight excluding hydrogens is 352 g/mol. The Kier molecular flexibility index (Phi) is 10.3. The highest BCUT2D eigenvalue weighted by atomic mass is 16.6. The molecule has 0 amide bonds. The lowest BCUT2D eigenvalue weighted by atomic mass is 9.71. The van der Waals surface area contributed by atoms with Crippen molar-refractivity contribution in [1.29, 1.82) is 0 Å². The van der Waals surface area contributed by atoms with E-state index in [9.17, 15) is 14.4 Å². The van der Waals surface area contributed by atoms with E-state index in [-0.39, 0.29) is 25.4 Å². The van der Waals surface area contributed by atoms with Crippen LogP contribution in [0, 0.1) is 5.41 Å². The van der Waals surface area contributed by atoms with Crippen LogP contribution in [0.5, 0.6) is 0 Å². The SMILES string of the molecule is CCC(C)(CCOC=O)C(C)(C)OC(=O)/C=C/C(=O)OCCOC(C)(C)C. The third kappa shape index (κ3) is 10.1. The lowest BCUT2D eigenvalue weighted by Gasteiger charge is -2.42. The molecule has 0 aromatic carbocycles. The first-order valence-corrected chi connectivity index (χ1v) is 9.14. The normalized spacial score (nSPS) is 14.5. The smallest absolute Gasteiger partial charge is 0.331 e. The predicted molar refractivity (Wildman–Crippen MR) is 101 cm³/mol. The van der Waals surface area contributed by atoms with Crippen molar-refractivity contribution in [2.45, 2.75) is 72.5 Å². The minimum absolute atomic E-state index is 0.103. The summed E-state index contributed by atoms with van der Waals surface area (Å²) in [7, 11) is 0. The van der Waals surface area contributed by atoms with Crippen molar-refractivity contribution in [3.05, 3.63) is 12.2 Å². The van der Waals surface area contributed by atoms with Gasteiger partial charge in [-0.2, -0.15) is 0 Å². The Bertz CT molecular complexity index is 517. The molecular formula is C20H34O7. The van der Waals surface area contributed by atoms with Crippen molar-refractivity contribution < 1.29 is 33.3 Å². The lowest BCUT2D eigenvalue weighted by Crippen LogP contribution is -2.45. The molecule has 0 spiro atoms. The zero-order chi connectivity index (χ0) is 21.1. The molecule has 7 heteroatoms. The van der Waals surface area contributed by atoms with E-state index in [1.54, 1.807) is 13.8 Å². The molecule has 1 unspecified atom stereocenters. The number of carbonyl (C=O) groups excluding carboxylic acids is 3. The molecule has 0 saturated carbocycles. The van der Waals surface area contributed by atoms with E-state index in [1.165, 1.54) is 0 Å². The van der Waals surface area contributed by atoms with Crippen LogP contribution in [0.15, 0.2) is 12.2 Å². The first-order valence-electron chi connectivity index (χ1n) is 9.14. The van der Waals surface area contributed by atoms with Crippen LogP contribution in [0.2, 0.25) is 0 Å². The Morgan fingerprint density at radius 2 is 1.48 bits per heavy atom. The van der Waals surface area contributed by atoms with Gasteiger partial charge in [-0.1, -0.05) is 13.8 Å². The third-order valence-electron chi connectivity index (χ3n) is 4.65. The molecule has 0 saturated heterocycles. The van der Waals surface area contributed by atoms with Crippen LogP contribution >= 0.6 is 0 Å². The lowest BCUT2D eigenvalue weighted by molar-refractivity contribution is -0.166. The highest BCUT2D eigenvalue weighted by Gasteiger charge is 2.42. The van der Waals surface area contributed by atoms with Gasteiger partial charge in [-0.3, -0.25) is 4.79 Å². The van der Waals surface area contributed by atoms with Gasteiger partial charge >= 0.3 is 11.9 Å². The first-order chi connectivity index (χ1) is 12.4. The van der Waals surface area contributed by atoms with Crippen LogP contribution in [0.1, 0.15) is 61.3 Å². The largest absolute Gasteiger partial charge is 0.468 e. The average Bonchev–Trinajstić information content (AvgIpc) is 2.55. The van der Waals surface area contributed by atoms with Crippen molar-refractivity contribution >= 4 is 18.4 Å². The predicted octanol–water partition coefficient (Wildman–Crippen LogP) is 3.20. The van der Waals surface area contributed by atoms with Crippen LogP contribution in [-0.4, -0.2) is 49.4 Å². The summed E-state index contributed by atoms with van der Waals surface area (Å²) in [5.74, 6) is -1.28. The van der Waals surface area contributed by atoms with Crippen LogP contribution < -0.4 is 0 Å². The molecule has 0 bridgehead atoms. The van der Waals surface area contributed by atoms with Crippen molar-refractivity contribution in [2.24, 2.45) is 5.41 Å². The van der Waals surface area contributed by atoms with Crippen LogP contribution in [-0.2, 0) is 33.3 Å². The summed E-state index contributed by atoms with van der Waals surface area (Å²) < 4.78 is 20.7. The Morgan fingerprint density at radius 3 is 2.00 bits per heavy atom. The second-order valence-corrected chi connectivity index (χ2v) is 8.02. The molecule has 0 fully saturated rings. The summed E-state index contributed by atoms with van der Waals surface area (Å²) in [6.45, 7) is 14.3. The molecule has 7 nitrogen and oxygen atoms in total. The van der Waals surface area contributed by atoms with Crippen molar-refractivity contribution in [3.8, 4) is 0 Å². The summed E-state index contributed by atoms with van der Waals surface area (Å²) >= 11 is 0. The van der Waals surface area contributed by atoms with Crippen LogP contribution in [0.25, 0.3) is 0 Å². The monoisotopic (exact) mass is 386 g/mol. The Hall–Kier alpha value is -1.89. The Balaban J connectivity index is 4.56. The zero-order valence-electron chi connectivity index (χ0n) is 17.6. The van der Waals surface area contributed by atoms with Gasteiger partial charge in [-0.15, -0.1) is 0 Å². The number of rotatable bonds is 12. The highest BCUT2D eigenvalue weighted by Crippen LogP contribution is 2.40. The fourth-order valence-electron chi connectivity index (χ4n) is 2.32. The molecule has 0 rings (SSSR count). The minimum Gasteiger partial charge on any atom is -0.468 e. The molecule has 0 aliphatic rings. The van der Waals surface area contributed by atoms with E-state index in [4.69, 9.17) is 18.9 Å². The standard InChI is InChI=1S/C20H34O7/c1-8-20(7,11-12-24-15-21)19(5,6)27-17(23)10-9-16(22)25-13-14-26-18(2,3)4/h9-10,15H,8,11-14H2,1-7H3/b10-9+. The first kappa shape index (κ1) is 25.1. The summed E-state index contributed by atoms with van der Waals surface area (Å²) in [6, 6.07) is 0. The number of esters is 2. The summed E-state index contributed by atoms with van der Waals surface area (Å²) in [5.41, 5.74) is -1.52. The summed E-state index contributed by atoms with van der Waals surface area (Å²) in [4.78, 5) is 34.1. The third-order valence-corrected chi connectivity index (χ3v) is 4.65. The second-order valence-electron chi connectivity index (χ2n) is 8.02. The molecule has 156 valence electrons. The second kappa shape index (κ2) is 11.1. The quantitative estimate of drug-likeness (QED) is 0.167. The summed E-state index contributed by atoms with van der Waals surface area (Å²) in [5, 5.41) is 0. The topological polar surface area (TPSA) is 88.1 Å². The van der Waals surface area contributed by atoms with E-state index in [0.29, 0.717) is 12.9 Å². The molecule has 0 aliphatic heterocycles. The van der Waals surface area contributed by atoms with Crippen LogP contribution in [0.4, 0.5) is 0 Å². The van der Waals surface area contributed by atoms with E-state index in [0.717, 1.165) is 18.6 Å². The van der Waals surface area contributed by atoms with Gasteiger partial charge in [0.2, 0.25) is 0 Å². The number of carbonyl (C=O) groups is 3. The van der Waals surface area contributed by atoms with Gasteiger partial charge < -0.3 is 18.9 Å². The van der Waals surface area contributed by atoms with E-state index in [2.05, 4.69) is 0 Å². The number of ether oxygens (including phenoxy) is 4. The fraction of sp³-hybridized carbons (Fsp3) is 0.750. The van der Waals surface area contributed by atoms with Crippen molar-refractivity contribution in [1.82, 2.24) is 0 Å². The molecule has 0 aliphatic carbocycles. The zero-order valence-corrected chi connectivity index (χ0v) is 17.6. The van der Waals surface area contributed by atoms with E-state index in [1.807, 2.05) is 34.6 Å². The molecule has 0 radical (unpaired) electrons. The maximum absolute atomic E-state index is 12.1. The van der Waals surface area contributed by atoms with E-state index >= 15 is 0 Å². The van der Waals surface area contributed by atoms with Gasteiger partial charge in [0.15, 0.2) is 0 Å². The number of hydrogen-bond acceptors (Lipinski definition) is 7. The van der Waals surface area contributed by atoms with Gasteiger partial charge in [-0.25, -0.2) is 9.59 Å².